The number of aromatic nitrogens is 4. The second kappa shape index (κ2) is 8.41. The Hall–Kier alpha value is -2.79. The van der Waals surface area contributed by atoms with Crippen molar-refractivity contribution in [1.29, 1.82) is 5.26 Å². The average Bonchev–Trinajstić information content (AvgIpc) is 3.50. The van der Waals surface area contributed by atoms with E-state index in [4.69, 9.17) is 15.2 Å². The second-order valence-electron chi connectivity index (χ2n) is 9.67. The number of hydrogen-bond donors (Lipinski definition) is 2. The standard InChI is InChI=1S/C22H27N9O2S2/c1-13-7-19(28-27-13)24-20-18-5-6-34-21(18)26-22(25-20)29(2)17-8-15-3-4-16(9-17)31(15)35(32,33)30-11-14(10-23)12-30/h5-7,14-17H,3-4,8-9,11-12H2,1-2H3,(H2,24,25,26,27,28)/t15-,16+,17-. The lowest BCUT2D eigenvalue weighted by Crippen LogP contribution is -2.60. The van der Waals surface area contributed by atoms with Crippen LogP contribution in [0.1, 0.15) is 31.4 Å². The normalized spacial score (nSPS) is 25.5. The smallest absolute Gasteiger partial charge is 0.282 e. The highest BCUT2D eigenvalue weighted by molar-refractivity contribution is 7.86. The topological polar surface area (TPSA) is 134 Å². The van der Waals surface area contributed by atoms with Crippen molar-refractivity contribution in [2.75, 3.05) is 30.4 Å². The fourth-order valence-electron chi connectivity index (χ4n) is 5.50. The summed E-state index contributed by atoms with van der Waals surface area (Å²) >= 11 is 1.56. The van der Waals surface area contributed by atoms with Crippen LogP contribution < -0.4 is 10.2 Å². The molecule has 0 aromatic carbocycles. The van der Waals surface area contributed by atoms with Gasteiger partial charge < -0.3 is 10.2 Å². The van der Waals surface area contributed by atoms with Crippen molar-refractivity contribution >= 4 is 49.3 Å². The Labute approximate surface area is 207 Å². The molecule has 3 aliphatic rings. The summed E-state index contributed by atoms with van der Waals surface area (Å²) in [6, 6.07) is 6.15. The number of piperidine rings is 1. The van der Waals surface area contributed by atoms with E-state index in [9.17, 15) is 8.42 Å². The predicted molar refractivity (Wildman–Crippen MR) is 134 cm³/mol. The van der Waals surface area contributed by atoms with Gasteiger partial charge in [-0.25, -0.2) is 4.98 Å². The largest absolute Gasteiger partial charge is 0.341 e. The summed E-state index contributed by atoms with van der Waals surface area (Å²) in [6.45, 7) is 2.55. The maximum atomic E-state index is 13.3. The molecule has 2 bridgehead atoms. The van der Waals surface area contributed by atoms with E-state index in [1.165, 1.54) is 4.31 Å². The molecule has 13 heteroatoms. The predicted octanol–water partition coefficient (Wildman–Crippen LogP) is 2.60. The number of anilines is 3. The number of nitriles is 1. The zero-order chi connectivity index (χ0) is 24.3. The van der Waals surface area contributed by atoms with E-state index in [-0.39, 0.29) is 24.0 Å². The van der Waals surface area contributed by atoms with Gasteiger partial charge in [0.05, 0.1) is 17.4 Å². The van der Waals surface area contributed by atoms with Crippen LogP contribution in [0.2, 0.25) is 0 Å². The molecule has 3 atom stereocenters. The van der Waals surface area contributed by atoms with Crippen LogP contribution in [0.5, 0.6) is 0 Å². The highest BCUT2D eigenvalue weighted by atomic mass is 32.2. The SMILES string of the molecule is Cc1cc(Nc2nc(N(C)[C@@H]3C[C@H]4CC[C@@H](C3)N4S(=O)(=O)N3CC(C#N)C3)nc3sccc23)n[nH]1. The van der Waals surface area contributed by atoms with Crippen molar-refractivity contribution in [2.45, 2.75) is 50.7 Å². The molecule has 0 unspecified atom stereocenters. The maximum absolute atomic E-state index is 13.3. The molecule has 0 radical (unpaired) electrons. The zero-order valence-corrected chi connectivity index (χ0v) is 21.2. The Balaban J connectivity index is 1.23. The number of H-pyrrole nitrogens is 1. The Morgan fingerprint density at radius 3 is 2.66 bits per heavy atom. The Morgan fingerprint density at radius 2 is 2.00 bits per heavy atom. The molecule has 0 spiro atoms. The molecule has 3 fully saturated rings. The maximum Gasteiger partial charge on any atom is 0.282 e. The molecule has 6 rings (SSSR count). The number of nitrogens with one attached hydrogen (secondary N) is 2. The average molecular weight is 514 g/mol. The minimum Gasteiger partial charge on any atom is -0.341 e. The fraction of sp³-hybridized carbons (Fsp3) is 0.545. The molecule has 3 aromatic heterocycles. The van der Waals surface area contributed by atoms with E-state index < -0.39 is 10.2 Å². The van der Waals surface area contributed by atoms with Gasteiger partial charge in [-0.15, -0.1) is 11.3 Å². The van der Waals surface area contributed by atoms with Crippen LogP contribution in [0.3, 0.4) is 0 Å². The summed E-state index contributed by atoms with van der Waals surface area (Å²) in [6.07, 6.45) is 3.18. The third kappa shape index (κ3) is 3.85. The Bertz CT molecular complexity index is 1390. The Morgan fingerprint density at radius 1 is 1.26 bits per heavy atom. The minimum atomic E-state index is -3.53. The van der Waals surface area contributed by atoms with E-state index >= 15 is 0 Å². The van der Waals surface area contributed by atoms with Crippen molar-refractivity contribution in [3.05, 3.63) is 23.2 Å². The molecular weight excluding hydrogens is 486 g/mol. The Kier molecular flexibility index (Phi) is 5.44. The van der Waals surface area contributed by atoms with Gasteiger partial charge >= 0.3 is 0 Å². The second-order valence-corrected chi connectivity index (χ2v) is 12.4. The fourth-order valence-corrected chi connectivity index (χ4v) is 8.40. The lowest BCUT2D eigenvalue weighted by atomic mass is 9.99. The minimum absolute atomic E-state index is 0.0394. The summed E-state index contributed by atoms with van der Waals surface area (Å²) in [5, 5.41) is 22.5. The molecule has 35 heavy (non-hydrogen) atoms. The van der Waals surface area contributed by atoms with Gasteiger partial charge in [0.15, 0.2) is 5.82 Å². The lowest BCUT2D eigenvalue weighted by Gasteiger charge is -2.45. The number of fused-ring (bicyclic) bond motifs is 3. The zero-order valence-electron chi connectivity index (χ0n) is 19.5. The van der Waals surface area contributed by atoms with E-state index in [1.807, 2.05) is 31.5 Å². The van der Waals surface area contributed by atoms with Gasteiger partial charge in [-0.2, -0.15) is 32.4 Å². The molecule has 0 amide bonds. The van der Waals surface area contributed by atoms with Crippen LogP contribution in [-0.2, 0) is 10.2 Å². The molecule has 2 N–H and O–H groups in total. The van der Waals surface area contributed by atoms with E-state index in [1.54, 1.807) is 15.6 Å². The van der Waals surface area contributed by atoms with Crippen LogP contribution in [0.25, 0.3) is 10.2 Å². The van der Waals surface area contributed by atoms with Gasteiger partial charge in [0.25, 0.3) is 10.2 Å². The van der Waals surface area contributed by atoms with Crippen LogP contribution in [0.15, 0.2) is 17.5 Å². The van der Waals surface area contributed by atoms with Crippen LogP contribution >= 0.6 is 11.3 Å². The van der Waals surface area contributed by atoms with Crippen molar-refractivity contribution < 1.29 is 8.42 Å². The van der Waals surface area contributed by atoms with Crippen molar-refractivity contribution in [3.63, 3.8) is 0 Å². The molecular formula is C22H27N9O2S2. The van der Waals surface area contributed by atoms with Crippen molar-refractivity contribution in [1.82, 2.24) is 28.8 Å². The first-order valence-corrected chi connectivity index (χ1v) is 14.1. The quantitative estimate of drug-likeness (QED) is 0.514. The first kappa shape index (κ1) is 22.7. The summed E-state index contributed by atoms with van der Waals surface area (Å²) in [4.78, 5) is 12.7. The number of thiophene rings is 1. The van der Waals surface area contributed by atoms with Gasteiger partial charge in [0.1, 0.15) is 10.6 Å². The number of rotatable bonds is 6. The third-order valence-electron chi connectivity index (χ3n) is 7.39. The molecule has 0 aliphatic carbocycles. The van der Waals surface area contributed by atoms with Crippen LogP contribution in [0, 0.1) is 24.2 Å². The lowest BCUT2D eigenvalue weighted by molar-refractivity contribution is 0.177. The summed E-state index contributed by atoms with van der Waals surface area (Å²) in [5.41, 5.74) is 0.957. The van der Waals surface area contributed by atoms with Gasteiger partial charge in [0, 0.05) is 50.0 Å². The van der Waals surface area contributed by atoms with E-state index in [0.29, 0.717) is 30.7 Å². The first-order chi connectivity index (χ1) is 16.8. The van der Waals surface area contributed by atoms with E-state index in [0.717, 1.165) is 41.6 Å². The van der Waals surface area contributed by atoms with E-state index in [2.05, 4.69) is 26.5 Å². The molecule has 3 aliphatic heterocycles. The summed E-state index contributed by atoms with van der Waals surface area (Å²) < 4.78 is 29.7. The number of hydrogen-bond acceptors (Lipinski definition) is 9. The van der Waals surface area contributed by atoms with Gasteiger partial charge in [-0.3, -0.25) is 5.10 Å². The molecule has 3 saturated heterocycles. The number of nitrogens with zero attached hydrogens (tertiary/aromatic N) is 7. The van der Waals surface area contributed by atoms with Crippen molar-refractivity contribution in [3.8, 4) is 6.07 Å². The molecule has 184 valence electrons. The molecule has 11 nitrogen and oxygen atoms in total. The summed E-state index contributed by atoms with van der Waals surface area (Å²) in [7, 11) is -1.53. The molecule has 6 heterocycles. The first-order valence-electron chi connectivity index (χ1n) is 11.8. The van der Waals surface area contributed by atoms with Gasteiger partial charge in [-0.05, 0) is 44.1 Å². The highest BCUT2D eigenvalue weighted by Crippen LogP contribution is 2.42. The monoisotopic (exact) mass is 513 g/mol. The van der Waals surface area contributed by atoms with Gasteiger partial charge in [-0.1, -0.05) is 0 Å². The highest BCUT2D eigenvalue weighted by Gasteiger charge is 2.51. The molecule has 3 aromatic rings. The van der Waals surface area contributed by atoms with Crippen LogP contribution in [0.4, 0.5) is 17.6 Å². The number of aryl methyl sites for hydroxylation is 1. The van der Waals surface area contributed by atoms with Crippen molar-refractivity contribution in [2.24, 2.45) is 5.92 Å². The summed E-state index contributed by atoms with van der Waals surface area (Å²) in [5.74, 6) is 1.83. The third-order valence-corrected chi connectivity index (χ3v) is 10.3. The van der Waals surface area contributed by atoms with Crippen LogP contribution in [-0.4, -0.2) is 75.5 Å². The molecule has 0 saturated carbocycles. The van der Waals surface area contributed by atoms with Gasteiger partial charge in [0.2, 0.25) is 5.95 Å². The number of aromatic amines is 1.